The summed E-state index contributed by atoms with van der Waals surface area (Å²) in [5.74, 6) is -1.79. The van der Waals surface area contributed by atoms with Gasteiger partial charge in [0.1, 0.15) is 0 Å². The van der Waals surface area contributed by atoms with Crippen molar-refractivity contribution in [2.45, 2.75) is 12.8 Å². The largest absolute Gasteiger partial charge is 1.00 e. The topological polar surface area (TPSA) is 80.7 Å². The number of hydrogen-bond donors (Lipinski definition) is 1. The maximum atomic E-state index is 11.2. The summed E-state index contributed by atoms with van der Waals surface area (Å²) >= 11 is 0. The molecule has 0 aromatic heterocycles. The van der Waals surface area contributed by atoms with E-state index in [0.29, 0.717) is 6.42 Å². The van der Waals surface area contributed by atoms with Gasteiger partial charge in [0, 0.05) is 31.4 Å². The van der Waals surface area contributed by atoms with Gasteiger partial charge in [0.05, 0.1) is 6.61 Å². The van der Waals surface area contributed by atoms with Gasteiger partial charge >= 0.3 is 18.9 Å². The molecule has 1 rings (SSSR count). The number of likely N-dealkylation sites (tertiary alicyclic amines) is 1. The average molecular weight is 193 g/mol. The van der Waals surface area contributed by atoms with Crippen LogP contribution in [0.25, 0.3) is 0 Å². The van der Waals surface area contributed by atoms with Crippen molar-refractivity contribution in [3.05, 3.63) is 0 Å². The number of hydrogen-bond acceptors (Lipinski definition) is 4. The Balaban J connectivity index is 0.00000169. The molecule has 1 saturated heterocycles. The smallest absolute Gasteiger partial charge is 0.550 e. The van der Waals surface area contributed by atoms with Crippen LogP contribution >= 0.6 is 0 Å². The molecule has 1 fully saturated rings. The van der Waals surface area contributed by atoms with Crippen molar-refractivity contribution in [2.24, 2.45) is 5.92 Å². The molecule has 1 atom stereocenters. The van der Waals surface area contributed by atoms with Gasteiger partial charge in [-0.3, -0.25) is 4.79 Å². The van der Waals surface area contributed by atoms with E-state index in [1.807, 2.05) is 0 Å². The Morgan fingerprint density at radius 3 is 2.79 bits per heavy atom. The van der Waals surface area contributed by atoms with Crippen LogP contribution in [0.4, 0.5) is 0 Å². The predicted molar refractivity (Wildman–Crippen MR) is 41.4 cm³/mol. The molecule has 1 aliphatic rings. The van der Waals surface area contributed by atoms with Crippen LogP contribution in [0.3, 0.4) is 0 Å². The molecule has 14 heavy (non-hydrogen) atoms. The molecule has 0 saturated carbocycles. The maximum Gasteiger partial charge on any atom is 1.00 e. The predicted octanol–water partition coefficient (Wildman–Crippen LogP) is -5.03. The van der Waals surface area contributed by atoms with E-state index in [1.54, 1.807) is 0 Å². The Kier molecular flexibility index (Phi) is 5.85. The monoisotopic (exact) mass is 193 g/mol. The normalized spacial score (nSPS) is 21.6. The summed E-state index contributed by atoms with van der Waals surface area (Å²) in [4.78, 5) is 23.0. The van der Waals surface area contributed by atoms with E-state index in [2.05, 4.69) is 0 Å². The van der Waals surface area contributed by atoms with E-state index >= 15 is 0 Å². The summed E-state index contributed by atoms with van der Waals surface area (Å²) < 4.78 is 0. The molecule has 74 valence electrons. The number of aliphatic hydroxyl groups excluding tert-OH is 1. The molecule has 5 nitrogen and oxygen atoms in total. The fourth-order valence-corrected chi connectivity index (χ4v) is 1.44. The minimum Gasteiger partial charge on any atom is -0.550 e. The molecule has 6 heteroatoms. The van der Waals surface area contributed by atoms with E-state index in [9.17, 15) is 14.7 Å². The second-order valence-electron chi connectivity index (χ2n) is 3.12. The van der Waals surface area contributed by atoms with Crippen LogP contribution in [0.5, 0.6) is 0 Å². The van der Waals surface area contributed by atoms with Crippen LogP contribution in [0.1, 0.15) is 12.8 Å². The van der Waals surface area contributed by atoms with Crippen LogP contribution in [0, 0.1) is 5.92 Å². The van der Waals surface area contributed by atoms with Gasteiger partial charge < -0.3 is 19.9 Å². The molecule has 0 aromatic rings. The molecule has 1 aliphatic heterocycles. The van der Waals surface area contributed by atoms with Gasteiger partial charge in [0.15, 0.2) is 0 Å². The third-order valence-corrected chi connectivity index (χ3v) is 2.20. The number of carboxylic acid groups (broad SMARTS) is 1. The SMILES string of the molecule is O=C([O-])C1CCC(=O)N(CCO)C1.[Li+]. The number of aliphatic carboxylic acids is 1. The number of nitrogens with zero attached hydrogens (tertiary/aromatic N) is 1. The molecule has 0 aliphatic carbocycles. The Morgan fingerprint density at radius 1 is 1.64 bits per heavy atom. The minimum absolute atomic E-state index is 0. The Bertz CT molecular complexity index is 221. The first kappa shape index (κ1) is 13.5. The van der Waals surface area contributed by atoms with Crippen molar-refractivity contribution in [3.8, 4) is 0 Å². The van der Waals surface area contributed by atoms with Crippen molar-refractivity contribution in [1.29, 1.82) is 0 Å². The first-order chi connectivity index (χ1) is 6.15. The van der Waals surface area contributed by atoms with Crippen molar-refractivity contribution in [1.82, 2.24) is 4.90 Å². The number of carbonyl (C=O) groups is 2. The molecular weight excluding hydrogens is 181 g/mol. The van der Waals surface area contributed by atoms with E-state index < -0.39 is 11.9 Å². The van der Waals surface area contributed by atoms with Gasteiger partial charge in [-0.15, -0.1) is 0 Å². The summed E-state index contributed by atoms with van der Waals surface area (Å²) in [6, 6.07) is 0. The van der Waals surface area contributed by atoms with Gasteiger partial charge in [-0.1, -0.05) is 0 Å². The number of β-amino-alcohol motifs (C(OH)–C–C–N with tert-alkyl or cyclic N) is 1. The van der Waals surface area contributed by atoms with Crippen LogP contribution in [0.2, 0.25) is 0 Å². The number of amides is 1. The maximum absolute atomic E-state index is 11.2. The summed E-state index contributed by atoms with van der Waals surface area (Å²) in [6.07, 6.45) is 0.585. The van der Waals surface area contributed by atoms with Crippen LogP contribution in [0.15, 0.2) is 0 Å². The van der Waals surface area contributed by atoms with Gasteiger partial charge in [-0.05, 0) is 6.42 Å². The second-order valence-corrected chi connectivity index (χ2v) is 3.12. The molecule has 1 amide bonds. The number of carbonyl (C=O) groups excluding carboxylic acids is 2. The Morgan fingerprint density at radius 2 is 2.29 bits per heavy atom. The number of rotatable bonds is 3. The van der Waals surface area contributed by atoms with Crippen LogP contribution < -0.4 is 24.0 Å². The quantitative estimate of drug-likeness (QED) is 0.455. The molecule has 0 aromatic carbocycles. The van der Waals surface area contributed by atoms with Gasteiger partial charge in [-0.25, -0.2) is 0 Å². The van der Waals surface area contributed by atoms with Crippen molar-refractivity contribution >= 4 is 11.9 Å². The second kappa shape index (κ2) is 6.07. The summed E-state index contributed by atoms with van der Waals surface area (Å²) in [7, 11) is 0. The summed E-state index contributed by atoms with van der Waals surface area (Å²) in [5, 5.41) is 19.1. The van der Waals surface area contributed by atoms with Crippen LogP contribution in [-0.2, 0) is 9.59 Å². The van der Waals surface area contributed by atoms with Crippen molar-refractivity contribution < 1.29 is 38.7 Å². The summed E-state index contributed by atoms with van der Waals surface area (Å²) in [5.41, 5.74) is 0. The van der Waals surface area contributed by atoms with Gasteiger partial charge in [0.2, 0.25) is 5.91 Å². The minimum atomic E-state index is -1.12. The Hall–Kier alpha value is -0.503. The molecule has 1 unspecified atom stereocenters. The third kappa shape index (κ3) is 3.33. The zero-order valence-corrected chi connectivity index (χ0v) is 8.23. The van der Waals surface area contributed by atoms with Crippen LogP contribution in [-0.4, -0.2) is 41.6 Å². The fraction of sp³-hybridized carbons (Fsp3) is 0.750. The first-order valence-corrected chi connectivity index (χ1v) is 4.24. The third-order valence-electron chi connectivity index (χ3n) is 2.20. The summed E-state index contributed by atoms with van der Waals surface area (Å²) in [6.45, 7) is 0.246. The van der Waals surface area contributed by atoms with Gasteiger partial charge in [0.25, 0.3) is 0 Å². The standard InChI is InChI=1S/C8H13NO4.Li/c10-4-3-9-5-6(8(12)13)1-2-7(9)11;/h6,10H,1-5H2,(H,12,13);/q;+1/p-1. The molecule has 0 radical (unpaired) electrons. The van der Waals surface area contributed by atoms with E-state index in [1.165, 1.54) is 4.90 Å². The van der Waals surface area contributed by atoms with Crippen molar-refractivity contribution in [3.63, 3.8) is 0 Å². The molecule has 1 N–H and O–H groups in total. The van der Waals surface area contributed by atoms with E-state index in [4.69, 9.17) is 5.11 Å². The van der Waals surface area contributed by atoms with Gasteiger partial charge in [-0.2, -0.15) is 0 Å². The number of piperidine rings is 1. The first-order valence-electron chi connectivity index (χ1n) is 4.24. The zero-order valence-electron chi connectivity index (χ0n) is 8.23. The average Bonchev–Trinajstić information content (AvgIpc) is 2.08. The molecule has 0 bridgehead atoms. The zero-order chi connectivity index (χ0) is 9.84. The van der Waals surface area contributed by atoms with Crippen molar-refractivity contribution in [2.75, 3.05) is 19.7 Å². The van der Waals surface area contributed by atoms with E-state index in [-0.39, 0.29) is 50.9 Å². The molecule has 0 spiro atoms. The fourth-order valence-electron chi connectivity index (χ4n) is 1.44. The number of carboxylic acids is 1. The Labute approximate surface area is 94.3 Å². The number of aliphatic hydroxyl groups is 1. The van der Waals surface area contributed by atoms with E-state index in [0.717, 1.165) is 0 Å². The molecular formula is C8H12LiNO4. The molecule has 1 heterocycles.